The molecule has 0 amide bonds. The Hall–Kier alpha value is -0.380. The number of aryl methyl sites for hydroxylation is 1. The summed E-state index contributed by atoms with van der Waals surface area (Å²) in [5, 5.41) is 10.3. The molecule has 0 saturated carbocycles. The number of rotatable bonds is 2. The van der Waals surface area contributed by atoms with Crippen LogP contribution in [0.3, 0.4) is 0 Å². The number of hydrogen-bond donors (Lipinski definition) is 1. The van der Waals surface area contributed by atoms with Gasteiger partial charge in [0, 0.05) is 17.7 Å². The Balaban J connectivity index is 2.12. The van der Waals surface area contributed by atoms with Crippen LogP contribution in [-0.2, 0) is 4.74 Å². The summed E-state index contributed by atoms with van der Waals surface area (Å²) in [6, 6.07) is 6.08. The largest absolute Gasteiger partial charge is 0.388 e. The summed E-state index contributed by atoms with van der Waals surface area (Å²) in [6.45, 7) is 3.60. The van der Waals surface area contributed by atoms with Gasteiger partial charge in [0.25, 0.3) is 0 Å². The highest BCUT2D eigenvalue weighted by molar-refractivity contribution is 9.10. The highest BCUT2D eigenvalue weighted by Gasteiger charge is 2.23. The maximum Gasteiger partial charge on any atom is 0.0820 e. The fraction of sp³-hybridized carbons (Fsp3) is 0.538. The van der Waals surface area contributed by atoms with Gasteiger partial charge in [-0.2, -0.15) is 0 Å². The van der Waals surface area contributed by atoms with Crippen LogP contribution in [0.15, 0.2) is 22.7 Å². The van der Waals surface area contributed by atoms with E-state index in [0.717, 1.165) is 36.1 Å². The van der Waals surface area contributed by atoms with Crippen molar-refractivity contribution in [2.75, 3.05) is 13.2 Å². The molecule has 1 fully saturated rings. The van der Waals surface area contributed by atoms with E-state index in [2.05, 4.69) is 22.9 Å². The molecule has 1 unspecified atom stereocenters. The highest BCUT2D eigenvalue weighted by Crippen LogP contribution is 2.31. The molecule has 1 aliphatic heterocycles. The Morgan fingerprint density at radius 2 is 2.06 bits per heavy atom. The number of ether oxygens (including phenoxy) is 1. The lowest BCUT2D eigenvalue weighted by Gasteiger charge is -2.27. The summed E-state index contributed by atoms with van der Waals surface area (Å²) in [5.41, 5.74) is 2.20. The zero-order chi connectivity index (χ0) is 11.5. The first kappa shape index (κ1) is 12.1. The van der Waals surface area contributed by atoms with Crippen molar-refractivity contribution in [3.05, 3.63) is 33.8 Å². The Morgan fingerprint density at radius 1 is 1.38 bits per heavy atom. The van der Waals surface area contributed by atoms with E-state index < -0.39 is 0 Å². The smallest absolute Gasteiger partial charge is 0.0820 e. The molecule has 1 aromatic carbocycles. The fourth-order valence-electron chi connectivity index (χ4n) is 2.10. The first-order chi connectivity index (χ1) is 7.68. The normalized spacial score (nSPS) is 19.7. The Labute approximate surface area is 105 Å². The number of hydrogen-bond acceptors (Lipinski definition) is 2. The van der Waals surface area contributed by atoms with Crippen LogP contribution in [0, 0.1) is 12.8 Å². The van der Waals surface area contributed by atoms with E-state index in [1.807, 2.05) is 18.2 Å². The Bertz CT molecular complexity index is 359. The maximum atomic E-state index is 10.3. The first-order valence-electron chi connectivity index (χ1n) is 5.70. The zero-order valence-corrected chi connectivity index (χ0v) is 11.0. The third kappa shape index (κ3) is 2.65. The molecular formula is C13H17BrO2. The summed E-state index contributed by atoms with van der Waals surface area (Å²) in [5.74, 6) is 0.336. The van der Waals surface area contributed by atoms with Crippen molar-refractivity contribution in [3.63, 3.8) is 0 Å². The molecule has 0 bridgehead atoms. The van der Waals surface area contributed by atoms with Crippen molar-refractivity contribution in [2.45, 2.75) is 25.9 Å². The summed E-state index contributed by atoms with van der Waals surface area (Å²) in [7, 11) is 0. The molecule has 1 heterocycles. The molecule has 88 valence electrons. The molecule has 1 saturated heterocycles. The van der Waals surface area contributed by atoms with Crippen LogP contribution in [0.4, 0.5) is 0 Å². The molecule has 2 rings (SSSR count). The predicted octanol–water partition coefficient (Wildman–Crippen LogP) is 3.22. The van der Waals surface area contributed by atoms with Gasteiger partial charge in [0.1, 0.15) is 0 Å². The van der Waals surface area contributed by atoms with Gasteiger partial charge in [0.05, 0.1) is 6.10 Å². The van der Waals surface area contributed by atoms with E-state index in [9.17, 15) is 5.11 Å². The number of benzene rings is 1. The second kappa shape index (κ2) is 5.30. The standard InChI is InChI=1S/C13H17BrO2/c1-9-2-3-11(8-12(9)14)13(15)10-4-6-16-7-5-10/h2-3,8,10,13,15H,4-7H2,1H3. The van der Waals surface area contributed by atoms with Gasteiger partial charge in [-0.1, -0.05) is 28.1 Å². The lowest BCUT2D eigenvalue weighted by Crippen LogP contribution is -2.21. The third-order valence-corrected chi connectivity index (χ3v) is 4.10. The van der Waals surface area contributed by atoms with Crippen LogP contribution in [0.1, 0.15) is 30.1 Å². The minimum absolute atomic E-state index is 0.336. The van der Waals surface area contributed by atoms with Crippen LogP contribution in [-0.4, -0.2) is 18.3 Å². The monoisotopic (exact) mass is 284 g/mol. The first-order valence-corrected chi connectivity index (χ1v) is 6.49. The summed E-state index contributed by atoms with van der Waals surface area (Å²) < 4.78 is 6.37. The average molecular weight is 285 g/mol. The van der Waals surface area contributed by atoms with Gasteiger partial charge in [-0.15, -0.1) is 0 Å². The lowest BCUT2D eigenvalue weighted by molar-refractivity contribution is 0.00716. The molecular weight excluding hydrogens is 268 g/mol. The number of aliphatic hydroxyl groups excluding tert-OH is 1. The quantitative estimate of drug-likeness (QED) is 0.904. The Kier molecular flexibility index (Phi) is 4.00. The van der Waals surface area contributed by atoms with E-state index in [4.69, 9.17) is 4.74 Å². The molecule has 3 heteroatoms. The molecule has 1 atom stereocenters. The number of aliphatic hydroxyl groups is 1. The van der Waals surface area contributed by atoms with Crippen LogP contribution < -0.4 is 0 Å². The predicted molar refractivity (Wildman–Crippen MR) is 67.4 cm³/mol. The second-order valence-corrected chi connectivity index (χ2v) is 5.26. The van der Waals surface area contributed by atoms with Gasteiger partial charge in [-0.05, 0) is 42.9 Å². The minimum Gasteiger partial charge on any atom is -0.388 e. The van der Waals surface area contributed by atoms with Gasteiger partial charge in [-0.25, -0.2) is 0 Å². The van der Waals surface area contributed by atoms with E-state index in [1.165, 1.54) is 5.56 Å². The van der Waals surface area contributed by atoms with Crippen molar-refractivity contribution >= 4 is 15.9 Å². The molecule has 0 radical (unpaired) electrons. The van der Waals surface area contributed by atoms with E-state index in [0.29, 0.717) is 5.92 Å². The minimum atomic E-state index is -0.360. The summed E-state index contributed by atoms with van der Waals surface area (Å²) in [4.78, 5) is 0. The van der Waals surface area contributed by atoms with Gasteiger partial charge in [0.2, 0.25) is 0 Å². The SMILES string of the molecule is Cc1ccc(C(O)C2CCOCC2)cc1Br. The fourth-order valence-corrected chi connectivity index (χ4v) is 2.49. The summed E-state index contributed by atoms with van der Waals surface area (Å²) in [6.07, 6.45) is 1.54. The maximum absolute atomic E-state index is 10.3. The van der Waals surface area contributed by atoms with Crippen LogP contribution >= 0.6 is 15.9 Å². The molecule has 0 aromatic heterocycles. The van der Waals surface area contributed by atoms with Crippen molar-refractivity contribution in [3.8, 4) is 0 Å². The van der Waals surface area contributed by atoms with Gasteiger partial charge < -0.3 is 9.84 Å². The second-order valence-electron chi connectivity index (χ2n) is 4.40. The van der Waals surface area contributed by atoms with Crippen molar-refractivity contribution < 1.29 is 9.84 Å². The molecule has 2 nitrogen and oxygen atoms in total. The molecule has 0 aliphatic carbocycles. The lowest BCUT2D eigenvalue weighted by atomic mass is 9.89. The van der Waals surface area contributed by atoms with E-state index in [-0.39, 0.29) is 6.10 Å². The average Bonchev–Trinajstić information content (AvgIpc) is 2.33. The van der Waals surface area contributed by atoms with Crippen LogP contribution in [0.25, 0.3) is 0 Å². The third-order valence-electron chi connectivity index (χ3n) is 3.25. The van der Waals surface area contributed by atoms with Crippen molar-refractivity contribution in [1.82, 2.24) is 0 Å². The Morgan fingerprint density at radius 3 is 2.69 bits per heavy atom. The molecule has 0 spiro atoms. The molecule has 1 aliphatic rings. The molecule has 1 N–H and O–H groups in total. The van der Waals surface area contributed by atoms with Crippen molar-refractivity contribution in [2.24, 2.45) is 5.92 Å². The van der Waals surface area contributed by atoms with Gasteiger partial charge >= 0.3 is 0 Å². The topological polar surface area (TPSA) is 29.5 Å². The van der Waals surface area contributed by atoms with Gasteiger partial charge in [0.15, 0.2) is 0 Å². The number of halogens is 1. The zero-order valence-electron chi connectivity index (χ0n) is 9.45. The van der Waals surface area contributed by atoms with E-state index in [1.54, 1.807) is 0 Å². The molecule has 16 heavy (non-hydrogen) atoms. The van der Waals surface area contributed by atoms with E-state index >= 15 is 0 Å². The van der Waals surface area contributed by atoms with Crippen LogP contribution in [0.5, 0.6) is 0 Å². The van der Waals surface area contributed by atoms with Gasteiger partial charge in [-0.3, -0.25) is 0 Å². The highest BCUT2D eigenvalue weighted by atomic mass is 79.9. The van der Waals surface area contributed by atoms with Crippen molar-refractivity contribution in [1.29, 1.82) is 0 Å². The summed E-state index contributed by atoms with van der Waals surface area (Å²) >= 11 is 3.50. The molecule has 1 aromatic rings. The van der Waals surface area contributed by atoms with Crippen LogP contribution in [0.2, 0.25) is 0 Å².